The van der Waals surface area contributed by atoms with E-state index < -0.39 is 17.1 Å². The highest BCUT2D eigenvalue weighted by Crippen LogP contribution is 2.23. The average Bonchev–Trinajstić information content (AvgIpc) is 2.77. The van der Waals surface area contributed by atoms with Gasteiger partial charge in [-0.15, -0.1) is 0 Å². The van der Waals surface area contributed by atoms with Crippen molar-refractivity contribution in [3.8, 4) is 0 Å². The van der Waals surface area contributed by atoms with Crippen molar-refractivity contribution in [3.63, 3.8) is 0 Å². The van der Waals surface area contributed by atoms with Gasteiger partial charge in [-0.1, -0.05) is 30.3 Å². The van der Waals surface area contributed by atoms with Gasteiger partial charge in [-0.25, -0.2) is 0 Å². The number of rotatable bonds is 8. The second kappa shape index (κ2) is 10.4. The molecule has 166 valence electrons. The highest BCUT2D eigenvalue weighted by Gasteiger charge is 2.28. The Balaban J connectivity index is 1.57. The third kappa shape index (κ3) is 6.26. The molecule has 1 saturated heterocycles. The first-order chi connectivity index (χ1) is 14.9. The summed E-state index contributed by atoms with van der Waals surface area (Å²) in [5.74, 6) is -0.818. The summed E-state index contributed by atoms with van der Waals surface area (Å²) in [6, 6.07) is 10.8. The van der Waals surface area contributed by atoms with Crippen molar-refractivity contribution >= 4 is 11.8 Å². The molecule has 8 nitrogen and oxygen atoms in total. The van der Waals surface area contributed by atoms with E-state index in [0.29, 0.717) is 38.8 Å². The first-order valence-electron chi connectivity index (χ1n) is 10.6. The molecule has 0 aliphatic carbocycles. The number of aromatic nitrogens is 1. The van der Waals surface area contributed by atoms with E-state index in [9.17, 15) is 19.5 Å². The van der Waals surface area contributed by atoms with Crippen LogP contribution in [0.1, 0.15) is 52.0 Å². The molecular formula is C23H30N4O4. The molecule has 0 unspecified atom stereocenters. The highest BCUT2D eigenvalue weighted by atomic mass is 16.3. The third-order valence-corrected chi connectivity index (χ3v) is 5.64. The maximum atomic E-state index is 12.8. The van der Waals surface area contributed by atoms with Crippen molar-refractivity contribution < 1.29 is 14.7 Å². The first kappa shape index (κ1) is 22.7. The standard InChI is InChI=1S/C23H30N4O4/c1-27(16-17-6-3-2-4-7-17)22(30)19-14-18(15-26-21(19)29)20(28)25-11-5-8-23(31)9-12-24-13-10-23/h2-4,6-7,14-15,24,31H,5,8-13,16H2,1H3,(H,25,28)(H,26,29). The van der Waals surface area contributed by atoms with Crippen LogP contribution < -0.4 is 16.2 Å². The predicted octanol–water partition coefficient (Wildman–Crippen LogP) is 1.27. The van der Waals surface area contributed by atoms with Gasteiger partial charge >= 0.3 is 0 Å². The normalized spacial score (nSPS) is 15.3. The summed E-state index contributed by atoms with van der Waals surface area (Å²) in [4.78, 5) is 41.4. The van der Waals surface area contributed by atoms with Crippen LogP contribution in [0.4, 0.5) is 0 Å². The number of hydrogen-bond donors (Lipinski definition) is 4. The molecule has 8 heteroatoms. The average molecular weight is 427 g/mol. The maximum Gasteiger partial charge on any atom is 0.260 e. The third-order valence-electron chi connectivity index (χ3n) is 5.64. The van der Waals surface area contributed by atoms with Crippen LogP contribution in [0.25, 0.3) is 0 Å². The zero-order chi connectivity index (χ0) is 22.3. The van der Waals surface area contributed by atoms with E-state index in [1.165, 1.54) is 17.2 Å². The molecule has 0 atom stereocenters. The molecule has 0 saturated carbocycles. The van der Waals surface area contributed by atoms with Crippen molar-refractivity contribution in [3.05, 3.63) is 69.6 Å². The van der Waals surface area contributed by atoms with Crippen LogP contribution in [0.2, 0.25) is 0 Å². The maximum absolute atomic E-state index is 12.8. The van der Waals surface area contributed by atoms with E-state index in [2.05, 4.69) is 15.6 Å². The van der Waals surface area contributed by atoms with E-state index in [1.54, 1.807) is 7.05 Å². The van der Waals surface area contributed by atoms with Crippen LogP contribution in [0, 0.1) is 0 Å². The van der Waals surface area contributed by atoms with Crippen molar-refractivity contribution in [1.29, 1.82) is 0 Å². The molecule has 0 spiro atoms. The van der Waals surface area contributed by atoms with E-state index >= 15 is 0 Å². The predicted molar refractivity (Wildman–Crippen MR) is 118 cm³/mol. The number of H-pyrrole nitrogens is 1. The zero-order valence-electron chi connectivity index (χ0n) is 17.8. The number of aromatic amines is 1. The van der Waals surface area contributed by atoms with Gasteiger partial charge in [0.1, 0.15) is 5.56 Å². The van der Waals surface area contributed by atoms with Crippen LogP contribution in [-0.4, -0.2) is 59.1 Å². The number of nitrogens with zero attached hydrogens (tertiary/aromatic N) is 1. The first-order valence-corrected chi connectivity index (χ1v) is 10.6. The lowest BCUT2D eigenvalue weighted by atomic mass is 9.88. The Kier molecular flexibility index (Phi) is 7.59. The molecule has 1 fully saturated rings. The SMILES string of the molecule is CN(Cc1ccccc1)C(=O)c1cc(C(=O)NCCCC2(O)CCNCC2)c[nH]c1=O. The minimum Gasteiger partial charge on any atom is -0.390 e. The summed E-state index contributed by atoms with van der Waals surface area (Å²) in [6.45, 7) is 2.37. The largest absolute Gasteiger partial charge is 0.390 e. The smallest absolute Gasteiger partial charge is 0.260 e. The van der Waals surface area contributed by atoms with E-state index in [4.69, 9.17) is 0 Å². The molecule has 0 bridgehead atoms. The van der Waals surface area contributed by atoms with E-state index in [1.807, 2.05) is 30.3 Å². The fourth-order valence-corrected chi connectivity index (χ4v) is 3.77. The fourth-order valence-electron chi connectivity index (χ4n) is 3.77. The molecule has 4 N–H and O–H groups in total. The number of carbonyl (C=O) groups excluding carboxylic acids is 2. The van der Waals surface area contributed by atoms with Crippen LogP contribution in [-0.2, 0) is 6.54 Å². The van der Waals surface area contributed by atoms with Crippen LogP contribution in [0.15, 0.2) is 47.4 Å². The summed E-state index contributed by atoms with van der Waals surface area (Å²) < 4.78 is 0. The number of carbonyl (C=O) groups is 2. The Morgan fingerprint density at radius 3 is 2.61 bits per heavy atom. The van der Waals surface area contributed by atoms with Crippen LogP contribution in [0.5, 0.6) is 0 Å². The van der Waals surface area contributed by atoms with Gasteiger partial charge in [0.25, 0.3) is 17.4 Å². The summed E-state index contributed by atoms with van der Waals surface area (Å²) in [7, 11) is 1.62. The molecule has 1 aromatic carbocycles. The van der Waals surface area contributed by atoms with Gasteiger partial charge in [0, 0.05) is 26.3 Å². The van der Waals surface area contributed by atoms with Gasteiger partial charge in [0.2, 0.25) is 0 Å². The Labute approximate surface area is 181 Å². The lowest BCUT2D eigenvalue weighted by molar-refractivity contribution is 0.000914. The molecule has 31 heavy (non-hydrogen) atoms. The summed E-state index contributed by atoms with van der Waals surface area (Å²) >= 11 is 0. The van der Waals surface area contributed by atoms with E-state index in [-0.39, 0.29) is 17.0 Å². The van der Waals surface area contributed by atoms with E-state index in [0.717, 1.165) is 18.7 Å². The number of aliphatic hydroxyl groups is 1. The monoisotopic (exact) mass is 426 g/mol. The minimum atomic E-state index is -0.670. The number of hydrogen-bond acceptors (Lipinski definition) is 5. The number of pyridine rings is 1. The fraction of sp³-hybridized carbons (Fsp3) is 0.435. The molecule has 1 aliphatic rings. The van der Waals surface area contributed by atoms with Crippen LogP contribution >= 0.6 is 0 Å². The van der Waals surface area contributed by atoms with Gasteiger partial charge in [0.15, 0.2) is 0 Å². The number of amides is 2. The molecule has 3 rings (SSSR count). The van der Waals surface area contributed by atoms with Gasteiger partial charge in [0.05, 0.1) is 11.2 Å². The molecular weight excluding hydrogens is 396 g/mol. The Morgan fingerprint density at radius 2 is 1.90 bits per heavy atom. The molecule has 1 aliphatic heterocycles. The Hall–Kier alpha value is -2.97. The number of piperidine rings is 1. The topological polar surface area (TPSA) is 115 Å². The summed E-state index contributed by atoms with van der Waals surface area (Å²) in [6.07, 6.45) is 4.00. The second-order valence-electron chi connectivity index (χ2n) is 8.11. The van der Waals surface area contributed by atoms with Crippen molar-refractivity contribution in [1.82, 2.24) is 20.5 Å². The molecule has 1 aromatic heterocycles. The minimum absolute atomic E-state index is 0.0740. The molecule has 2 aromatic rings. The Bertz CT molecular complexity index is 952. The zero-order valence-corrected chi connectivity index (χ0v) is 17.8. The van der Waals surface area contributed by atoms with Crippen molar-refractivity contribution in [2.24, 2.45) is 0 Å². The second-order valence-corrected chi connectivity index (χ2v) is 8.11. The lowest BCUT2D eigenvalue weighted by Gasteiger charge is -2.32. The van der Waals surface area contributed by atoms with Crippen molar-refractivity contribution in [2.75, 3.05) is 26.7 Å². The van der Waals surface area contributed by atoms with Gasteiger partial charge in [-0.3, -0.25) is 14.4 Å². The summed E-state index contributed by atoms with van der Waals surface area (Å²) in [5.41, 5.74) is -0.114. The quantitative estimate of drug-likeness (QED) is 0.475. The molecule has 0 radical (unpaired) electrons. The number of benzene rings is 1. The highest BCUT2D eigenvalue weighted by molar-refractivity contribution is 5.99. The van der Waals surface area contributed by atoms with Crippen molar-refractivity contribution in [2.45, 2.75) is 37.8 Å². The summed E-state index contributed by atoms with van der Waals surface area (Å²) in [5, 5.41) is 16.5. The van der Waals surface area contributed by atoms with Gasteiger partial charge in [-0.05, 0) is 50.4 Å². The molecule has 2 amide bonds. The number of nitrogens with one attached hydrogen (secondary N) is 3. The van der Waals surface area contributed by atoms with Crippen LogP contribution in [0.3, 0.4) is 0 Å². The Morgan fingerprint density at radius 1 is 1.19 bits per heavy atom. The van der Waals surface area contributed by atoms with Gasteiger partial charge < -0.3 is 25.6 Å². The van der Waals surface area contributed by atoms with Gasteiger partial charge in [-0.2, -0.15) is 0 Å². The molecule has 2 heterocycles. The lowest BCUT2D eigenvalue weighted by Crippen LogP contribution is -2.42.